The Labute approximate surface area is 147 Å². The number of nitrogens with zero attached hydrogens (tertiary/aromatic N) is 5. The minimum absolute atomic E-state index is 0.383. The highest BCUT2D eigenvalue weighted by atomic mass is 19.1. The van der Waals surface area contributed by atoms with E-state index in [0.717, 1.165) is 27.5 Å². The van der Waals surface area contributed by atoms with E-state index in [1.165, 1.54) is 6.20 Å². The molecule has 0 spiro atoms. The molecule has 0 amide bonds. The van der Waals surface area contributed by atoms with E-state index >= 15 is 0 Å². The number of halogens is 1. The Balaban J connectivity index is 1.86. The van der Waals surface area contributed by atoms with Crippen LogP contribution in [0.15, 0.2) is 55.4 Å². The van der Waals surface area contributed by atoms with Crippen LogP contribution >= 0.6 is 0 Å². The highest BCUT2D eigenvalue weighted by Gasteiger charge is 2.18. The lowest BCUT2D eigenvalue weighted by atomic mass is 10.0. The maximum absolute atomic E-state index is 14.7. The predicted molar refractivity (Wildman–Crippen MR) is 96.8 cm³/mol. The molecule has 0 saturated carbocycles. The number of aryl methyl sites for hydroxylation is 1. The van der Waals surface area contributed by atoms with Crippen molar-refractivity contribution in [1.82, 2.24) is 29.7 Å². The summed E-state index contributed by atoms with van der Waals surface area (Å²) in [4.78, 5) is 16.1. The minimum Gasteiger partial charge on any atom is -0.338 e. The van der Waals surface area contributed by atoms with Gasteiger partial charge in [-0.2, -0.15) is 5.10 Å². The molecule has 0 aliphatic rings. The first-order valence-electron chi connectivity index (χ1n) is 8.06. The first-order valence-corrected chi connectivity index (χ1v) is 8.06. The second kappa shape index (κ2) is 5.45. The maximum atomic E-state index is 14.7. The van der Waals surface area contributed by atoms with Crippen molar-refractivity contribution < 1.29 is 4.39 Å². The van der Waals surface area contributed by atoms with Gasteiger partial charge in [0.15, 0.2) is 0 Å². The molecule has 0 aliphatic heterocycles. The van der Waals surface area contributed by atoms with E-state index in [1.807, 2.05) is 18.2 Å². The summed E-state index contributed by atoms with van der Waals surface area (Å²) in [6.45, 7) is 0. The van der Waals surface area contributed by atoms with Crippen molar-refractivity contribution in [2.75, 3.05) is 0 Å². The Hall–Kier alpha value is -3.61. The summed E-state index contributed by atoms with van der Waals surface area (Å²) in [7, 11) is 1.81. The molecule has 5 heterocycles. The largest absolute Gasteiger partial charge is 0.338 e. The topological polar surface area (TPSA) is 72.3 Å². The average molecular weight is 344 g/mol. The Bertz CT molecular complexity index is 1260. The maximum Gasteiger partial charge on any atom is 0.150 e. The van der Waals surface area contributed by atoms with Gasteiger partial charge in [-0.15, -0.1) is 0 Å². The van der Waals surface area contributed by atoms with Crippen molar-refractivity contribution in [2.24, 2.45) is 7.05 Å². The van der Waals surface area contributed by atoms with Gasteiger partial charge >= 0.3 is 0 Å². The van der Waals surface area contributed by atoms with Gasteiger partial charge in [0.05, 0.1) is 29.8 Å². The quantitative estimate of drug-likeness (QED) is 0.530. The third-order valence-electron chi connectivity index (χ3n) is 4.41. The van der Waals surface area contributed by atoms with Crippen molar-refractivity contribution in [3.8, 4) is 22.4 Å². The van der Waals surface area contributed by atoms with Crippen LogP contribution < -0.4 is 0 Å². The molecule has 0 saturated heterocycles. The van der Waals surface area contributed by atoms with Crippen molar-refractivity contribution in [3.63, 3.8) is 0 Å². The molecule has 0 aromatic carbocycles. The summed E-state index contributed by atoms with van der Waals surface area (Å²) in [5.74, 6) is -0.383. The number of H-pyrrole nitrogens is 1. The van der Waals surface area contributed by atoms with Gasteiger partial charge in [-0.3, -0.25) is 14.6 Å². The van der Waals surface area contributed by atoms with Crippen LogP contribution in [-0.4, -0.2) is 29.7 Å². The smallest absolute Gasteiger partial charge is 0.150 e. The molecular formula is C19H13FN6. The zero-order chi connectivity index (χ0) is 17.7. The number of aromatic nitrogens is 6. The van der Waals surface area contributed by atoms with E-state index in [2.05, 4.69) is 25.0 Å². The first kappa shape index (κ1) is 14.7. The predicted octanol–water partition coefficient (Wildman–Crippen LogP) is 3.71. The van der Waals surface area contributed by atoms with Gasteiger partial charge in [0, 0.05) is 53.1 Å². The van der Waals surface area contributed by atoms with Crippen LogP contribution in [0.5, 0.6) is 0 Å². The summed E-state index contributed by atoms with van der Waals surface area (Å²) < 4.78 is 16.4. The van der Waals surface area contributed by atoms with Crippen LogP contribution in [-0.2, 0) is 7.05 Å². The molecule has 26 heavy (non-hydrogen) atoms. The number of rotatable bonds is 2. The lowest BCUT2D eigenvalue weighted by Gasteiger charge is -2.04. The number of hydrogen-bond donors (Lipinski definition) is 1. The van der Waals surface area contributed by atoms with Gasteiger partial charge < -0.3 is 4.98 Å². The van der Waals surface area contributed by atoms with Gasteiger partial charge in [0.2, 0.25) is 0 Å². The number of hydrogen-bond acceptors (Lipinski definition) is 4. The molecule has 5 aromatic rings. The SMILES string of the molecule is Cn1cc(-c2c(F)cnc3[nH]c4cnc(-c5cccnc5)cc4c23)cn1. The third kappa shape index (κ3) is 2.17. The lowest BCUT2D eigenvalue weighted by molar-refractivity contribution is 0.627. The van der Waals surface area contributed by atoms with Gasteiger partial charge in [0.25, 0.3) is 0 Å². The number of aromatic amines is 1. The molecule has 0 atom stereocenters. The van der Waals surface area contributed by atoms with Crippen LogP contribution in [0.2, 0.25) is 0 Å². The Morgan fingerprint density at radius 1 is 1.08 bits per heavy atom. The molecule has 5 aromatic heterocycles. The number of nitrogens with one attached hydrogen (secondary N) is 1. The van der Waals surface area contributed by atoms with E-state index in [-0.39, 0.29) is 5.82 Å². The fourth-order valence-electron chi connectivity index (χ4n) is 3.24. The number of pyridine rings is 3. The van der Waals surface area contributed by atoms with E-state index < -0.39 is 0 Å². The fraction of sp³-hybridized carbons (Fsp3) is 0.0526. The Kier molecular flexibility index (Phi) is 3.08. The molecule has 0 radical (unpaired) electrons. The Morgan fingerprint density at radius 2 is 2.00 bits per heavy atom. The second-order valence-corrected chi connectivity index (χ2v) is 6.09. The monoisotopic (exact) mass is 344 g/mol. The third-order valence-corrected chi connectivity index (χ3v) is 4.41. The average Bonchev–Trinajstić information content (AvgIpc) is 3.25. The van der Waals surface area contributed by atoms with Crippen LogP contribution in [0.4, 0.5) is 4.39 Å². The van der Waals surface area contributed by atoms with Crippen LogP contribution in [0.1, 0.15) is 0 Å². The minimum atomic E-state index is -0.383. The molecule has 0 unspecified atom stereocenters. The molecule has 0 aliphatic carbocycles. The zero-order valence-electron chi connectivity index (χ0n) is 13.8. The van der Waals surface area contributed by atoms with E-state index in [1.54, 1.807) is 42.7 Å². The van der Waals surface area contributed by atoms with Crippen molar-refractivity contribution in [3.05, 3.63) is 61.2 Å². The molecular weight excluding hydrogens is 331 g/mol. The van der Waals surface area contributed by atoms with Crippen LogP contribution in [0, 0.1) is 5.82 Å². The van der Waals surface area contributed by atoms with E-state index in [0.29, 0.717) is 16.8 Å². The van der Waals surface area contributed by atoms with E-state index in [9.17, 15) is 4.39 Å². The lowest BCUT2D eigenvalue weighted by Crippen LogP contribution is -1.89. The molecule has 6 nitrogen and oxygen atoms in total. The second-order valence-electron chi connectivity index (χ2n) is 6.09. The Morgan fingerprint density at radius 3 is 2.77 bits per heavy atom. The molecule has 126 valence electrons. The summed E-state index contributed by atoms with van der Waals surface area (Å²) >= 11 is 0. The van der Waals surface area contributed by atoms with Crippen molar-refractivity contribution >= 4 is 21.9 Å². The standard InChI is InChI=1S/C19H13FN6/c1-26-10-12(7-24-26)17-14(20)8-23-19-18(17)13-5-15(22-9-16(13)25-19)11-3-2-4-21-6-11/h2-10H,1H3,(H,23,25). The molecule has 1 N–H and O–H groups in total. The molecule has 5 rings (SSSR count). The highest BCUT2D eigenvalue weighted by Crippen LogP contribution is 2.36. The molecule has 0 fully saturated rings. The van der Waals surface area contributed by atoms with Gasteiger partial charge in [-0.25, -0.2) is 9.37 Å². The van der Waals surface area contributed by atoms with Gasteiger partial charge in [-0.05, 0) is 18.2 Å². The number of fused-ring (bicyclic) bond motifs is 3. The van der Waals surface area contributed by atoms with Gasteiger partial charge in [0.1, 0.15) is 11.5 Å². The molecule has 0 bridgehead atoms. The normalized spacial score (nSPS) is 11.5. The summed E-state index contributed by atoms with van der Waals surface area (Å²) in [6, 6.07) is 5.74. The fourth-order valence-corrected chi connectivity index (χ4v) is 3.24. The van der Waals surface area contributed by atoms with Gasteiger partial charge in [-0.1, -0.05) is 0 Å². The molecule has 7 heteroatoms. The van der Waals surface area contributed by atoms with Crippen molar-refractivity contribution in [2.45, 2.75) is 0 Å². The van der Waals surface area contributed by atoms with Crippen LogP contribution in [0.25, 0.3) is 44.3 Å². The van der Waals surface area contributed by atoms with E-state index in [4.69, 9.17) is 0 Å². The summed E-state index contributed by atoms with van der Waals surface area (Å²) in [6.07, 6.45) is 9.89. The zero-order valence-corrected chi connectivity index (χ0v) is 13.8. The first-order chi connectivity index (χ1) is 12.7. The van der Waals surface area contributed by atoms with Crippen molar-refractivity contribution in [1.29, 1.82) is 0 Å². The summed E-state index contributed by atoms with van der Waals surface area (Å²) in [5.41, 5.74) is 4.28. The highest BCUT2D eigenvalue weighted by molar-refractivity contribution is 6.13. The van der Waals surface area contributed by atoms with Crippen LogP contribution in [0.3, 0.4) is 0 Å². The summed E-state index contributed by atoms with van der Waals surface area (Å²) in [5, 5.41) is 5.75.